The molecule has 1 aromatic heterocycles. The number of ether oxygens (including phenoxy) is 4. The molecule has 2 heterocycles. The summed E-state index contributed by atoms with van der Waals surface area (Å²) in [4.78, 5) is 80.4. The van der Waals surface area contributed by atoms with Gasteiger partial charge in [0.2, 0.25) is 23.6 Å². The zero-order valence-electron chi connectivity index (χ0n) is 32.1. The van der Waals surface area contributed by atoms with E-state index in [0.717, 1.165) is 4.70 Å². The van der Waals surface area contributed by atoms with Gasteiger partial charge in [0.25, 0.3) is 0 Å². The number of nitrogens with two attached hydrogens (primary N) is 4. The first-order valence-electron chi connectivity index (χ1n) is 18.2. The number of carboxylic acids is 1. The first-order valence-corrected chi connectivity index (χ1v) is 20.0. The molecule has 0 bridgehead atoms. The molecule has 0 saturated carbocycles. The Balaban J connectivity index is 1.57. The summed E-state index contributed by atoms with van der Waals surface area (Å²) < 4.78 is 21.7. The van der Waals surface area contributed by atoms with Crippen LogP contribution in [0.5, 0.6) is 0 Å². The number of nitrogens with one attached hydrogen (secondary N) is 4. The molecule has 0 unspecified atom stereocenters. The van der Waals surface area contributed by atoms with E-state index in [1.807, 2.05) is 0 Å². The van der Waals surface area contributed by atoms with Crippen molar-refractivity contribution in [2.75, 3.05) is 84.1 Å². The second-order valence-electron chi connectivity index (χ2n) is 12.4. The van der Waals surface area contributed by atoms with Crippen molar-refractivity contribution in [2.24, 2.45) is 37.9 Å². The van der Waals surface area contributed by atoms with Crippen molar-refractivity contribution in [1.29, 1.82) is 0 Å². The standard InChI is InChI=1S/C34H52N12O10S2/c1-53-10-11-54-12-13-55-14-15-56-18-27(48)44-22(4-2-8-39-33(35)36)28(49)41-17-26(47)43-23(5-3-9-40-34(37)38)29(50)42-20-6-7-21-25(16-20)58-31(45-21)30-46-24(19-57-30)32(51)52/h6-7,16,22-24H,2-5,8-15,17-19H2,1H3,(H,41,49)(H,42,50)(H,43,47)(H,44,48)(H,51,52)(H4,35,36,39)(H4,37,38,40)/t22-,23+,24-/m1/s1. The van der Waals surface area contributed by atoms with Gasteiger partial charge in [-0.25, -0.2) is 9.78 Å². The topological polar surface area (TPSA) is 345 Å². The average molecular weight is 853 g/mol. The van der Waals surface area contributed by atoms with Crippen LogP contribution in [0, 0.1) is 0 Å². The molecule has 0 fully saturated rings. The highest BCUT2D eigenvalue weighted by Crippen LogP contribution is 2.31. The monoisotopic (exact) mass is 852 g/mol. The Morgan fingerprint density at radius 2 is 1.47 bits per heavy atom. The number of carboxylic acid groups (broad SMARTS) is 1. The highest BCUT2D eigenvalue weighted by Gasteiger charge is 2.27. The number of carbonyl (C=O) groups is 5. The maximum atomic E-state index is 13.5. The summed E-state index contributed by atoms with van der Waals surface area (Å²) in [7, 11) is 1.58. The van der Waals surface area contributed by atoms with Crippen LogP contribution in [-0.2, 0) is 42.9 Å². The molecule has 3 rings (SSSR count). The van der Waals surface area contributed by atoms with Crippen LogP contribution in [0.1, 0.15) is 30.7 Å². The number of thioether (sulfide) groups is 1. The molecule has 13 N–H and O–H groups in total. The Labute approximate surface area is 342 Å². The maximum absolute atomic E-state index is 13.5. The summed E-state index contributed by atoms with van der Waals surface area (Å²) in [6, 6.07) is 2.13. The summed E-state index contributed by atoms with van der Waals surface area (Å²) in [6.07, 6.45) is 0.945. The zero-order chi connectivity index (χ0) is 42.3. The number of methoxy groups -OCH3 is 1. The lowest BCUT2D eigenvalue weighted by molar-refractivity contribution is -0.137. The maximum Gasteiger partial charge on any atom is 0.329 e. The molecule has 0 aliphatic carbocycles. The first-order chi connectivity index (χ1) is 27.9. The average Bonchev–Trinajstić information content (AvgIpc) is 3.85. The molecule has 22 nitrogen and oxygen atoms in total. The quantitative estimate of drug-likeness (QED) is 0.0256. The minimum Gasteiger partial charge on any atom is -0.480 e. The van der Waals surface area contributed by atoms with Gasteiger partial charge in [0.05, 0.1) is 56.4 Å². The predicted molar refractivity (Wildman–Crippen MR) is 220 cm³/mol. The van der Waals surface area contributed by atoms with Crippen molar-refractivity contribution in [3.05, 3.63) is 23.2 Å². The summed E-state index contributed by atoms with van der Waals surface area (Å²) in [5.41, 5.74) is 22.7. The number of hydrogen-bond acceptors (Lipinski definition) is 15. The molecule has 320 valence electrons. The lowest BCUT2D eigenvalue weighted by Gasteiger charge is -2.20. The van der Waals surface area contributed by atoms with Crippen LogP contribution in [0.4, 0.5) is 5.69 Å². The van der Waals surface area contributed by atoms with E-state index in [2.05, 4.69) is 41.2 Å². The van der Waals surface area contributed by atoms with Crippen LogP contribution < -0.4 is 44.2 Å². The van der Waals surface area contributed by atoms with Gasteiger partial charge in [0.15, 0.2) is 18.0 Å². The number of aliphatic imine (C=N–C) groups is 3. The van der Waals surface area contributed by atoms with E-state index in [4.69, 9.17) is 41.9 Å². The van der Waals surface area contributed by atoms with Crippen molar-refractivity contribution >= 4 is 85.6 Å². The van der Waals surface area contributed by atoms with Gasteiger partial charge in [-0.3, -0.25) is 34.2 Å². The number of carbonyl (C=O) groups excluding carboxylic acids is 4. The molecular weight excluding hydrogens is 801 g/mol. The van der Waals surface area contributed by atoms with Crippen LogP contribution in [0.2, 0.25) is 0 Å². The van der Waals surface area contributed by atoms with Crippen LogP contribution in [0.3, 0.4) is 0 Å². The minimum atomic E-state index is -1.06. The number of aliphatic carboxylic acids is 1. The fraction of sp³-hybridized carbons (Fsp3) is 0.559. The van der Waals surface area contributed by atoms with E-state index in [-0.39, 0.29) is 57.7 Å². The fourth-order valence-electron chi connectivity index (χ4n) is 5.00. The van der Waals surface area contributed by atoms with Crippen molar-refractivity contribution in [2.45, 2.75) is 43.8 Å². The number of fused-ring (bicyclic) bond motifs is 1. The normalized spacial score (nSPS) is 14.5. The molecule has 0 spiro atoms. The number of nitrogens with zero attached hydrogens (tertiary/aromatic N) is 4. The van der Waals surface area contributed by atoms with Crippen molar-refractivity contribution in [3.8, 4) is 0 Å². The molecule has 0 radical (unpaired) electrons. The molecule has 2 aromatic rings. The Bertz CT molecular complexity index is 1770. The molecule has 58 heavy (non-hydrogen) atoms. The van der Waals surface area contributed by atoms with E-state index in [0.29, 0.717) is 66.3 Å². The van der Waals surface area contributed by atoms with Crippen molar-refractivity contribution in [3.63, 3.8) is 0 Å². The Kier molecular flexibility index (Phi) is 21.2. The highest BCUT2D eigenvalue weighted by atomic mass is 32.2. The molecule has 1 aliphatic rings. The van der Waals surface area contributed by atoms with E-state index >= 15 is 0 Å². The summed E-state index contributed by atoms with van der Waals surface area (Å²) in [5, 5.41) is 20.9. The SMILES string of the molecule is COCCOCCOCCOCC(=O)N[C@H](CCCN=C(N)N)C(=O)NCC(=O)N[C@@H](CCCN=C(N)N)C(=O)Nc1ccc2nc(C3=N[C@@H](C(=O)O)CS3)sc2c1. The van der Waals surface area contributed by atoms with Crippen LogP contribution in [0.15, 0.2) is 33.2 Å². The summed E-state index contributed by atoms with van der Waals surface area (Å²) in [5.74, 6) is -3.38. The molecule has 1 aromatic carbocycles. The molecule has 0 saturated heterocycles. The van der Waals surface area contributed by atoms with Crippen LogP contribution in [0.25, 0.3) is 10.2 Å². The second-order valence-corrected chi connectivity index (χ2v) is 14.5. The summed E-state index contributed by atoms with van der Waals surface area (Å²) in [6.45, 7) is 1.54. The lowest BCUT2D eigenvalue weighted by Crippen LogP contribution is -2.51. The van der Waals surface area contributed by atoms with Crippen LogP contribution >= 0.6 is 23.1 Å². The molecular formula is C34H52N12O10S2. The van der Waals surface area contributed by atoms with E-state index in [1.54, 1.807) is 25.3 Å². The van der Waals surface area contributed by atoms with Crippen molar-refractivity contribution in [1.82, 2.24) is 20.9 Å². The third-order valence-electron chi connectivity index (χ3n) is 7.80. The van der Waals surface area contributed by atoms with Gasteiger partial charge in [-0.2, -0.15) is 0 Å². The van der Waals surface area contributed by atoms with Gasteiger partial charge in [-0.15, -0.1) is 23.1 Å². The van der Waals surface area contributed by atoms with Gasteiger partial charge >= 0.3 is 5.97 Å². The number of benzene rings is 1. The highest BCUT2D eigenvalue weighted by molar-refractivity contribution is 8.15. The number of anilines is 1. The summed E-state index contributed by atoms with van der Waals surface area (Å²) >= 11 is 2.62. The number of thiazole rings is 1. The minimum absolute atomic E-state index is 0.124. The number of rotatable bonds is 28. The molecule has 1 aliphatic heterocycles. The third kappa shape index (κ3) is 18.0. The Morgan fingerprint density at radius 3 is 2.07 bits per heavy atom. The van der Waals surface area contributed by atoms with Gasteiger partial charge in [0, 0.05) is 31.6 Å². The first kappa shape index (κ1) is 47.2. The number of amides is 4. The fourth-order valence-corrected chi connectivity index (χ4v) is 7.11. The van der Waals surface area contributed by atoms with E-state index < -0.39 is 54.3 Å². The van der Waals surface area contributed by atoms with Gasteiger partial charge in [-0.05, 0) is 43.9 Å². The second kappa shape index (κ2) is 26.0. The van der Waals surface area contributed by atoms with Gasteiger partial charge in [0.1, 0.15) is 28.7 Å². The Morgan fingerprint density at radius 1 is 0.862 bits per heavy atom. The van der Waals surface area contributed by atoms with E-state index in [9.17, 15) is 29.1 Å². The molecule has 3 atom stereocenters. The van der Waals surface area contributed by atoms with Crippen LogP contribution in [-0.4, -0.2) is 154 Å². The predicted octanol–water partition coefficient (Wildman–Crippen LogP) is -1.93. The Hall–Kier alpha value is -5.14. The van der Waals surface area contributed by atoms with Gasteiger partial charge in [-0.1, -0.05) is 0 Å². The largest absolute Gasteiger partial charge is 0.480 e. The zero-order valence-corrected chi connectivity index (χ0v) is 33.7. The number of hydrogen-bond donors (Lipinski definition) is 9. The lowest BCUT2D eigenvalue weighted by atomic mass is 10.1. The number of aromatic nitrogens is 1. The van der Waals surface area contributed by atoms with E-state index in [1.165, 1.54) is 23.1 Å². The number of guanidine groups is 2. The third-order valence-corrected chi connectivity index (χ3v) is 10.0. The van der Waals surface area contributed by atoms with Crippen molar-refractivity contribution < 1.29 is 48.0 Å². The van der Waals surface area contributed by atoms with Gasteiger partial charge < -0.3 is 68.3 Å². The molecule has 24 heteroatoms. The molecule has 4 amide bonds. The smallest absolute Gasteiger partial charge is 0.329 e.